The Balaban J connectivity index is 2.83. The summed E-state index contributed by atoms with van der Waals surface area (Å²) in [5.74, 6) is 0. The van der Waals surface area contributed by atoms with Crippen LogP contribution in [0.15, 0.2) is 24.5 Å². The van der Waals surface area contributed by atoms with Gasteiger partial charge in [-0.3, -0.25) is 0 Å². The summed E-state index contributed by atoms with van der Waals surface area (Å²) in [6.07, 6.45) is 3.68. The second-order valence-corrected chi connectivity index (χ2v) is 5.63. The Hall–Kier alpha value is 0.610. The van der Waals surface area contributed by atoms with Crippen molar-refractivity contribution in [2.75, 3.05) is 0 Å². The van der Waals surface area contributed by atoms with Gasteiger partial charge in [-0.1, -0.05) is 0 Å². The Kier molecular flexibility index (Phi) is 3.03. The van der Waals surface area contributed by atoms with Gasteiger partial charge in [0.15, 0.2) is 0 Å². The summed E-state index contributed by atoms with van der Waals surface area (Å²) in [6, 6.07) is 4.14. The summed E-state index contributed by atoms with van der Waals surface area (Å²) in [5, 5.41) is 0. The molecule has 0 aliphatic rings. The first-order valence-corrected chi connectivity index (χ1v) is 9.46. The third kappa shape index (κ3) is 1.85. The Morgan fingerprint density at radius 3 is 2.38 bits per heavy atom. The summed E-state index contributed by atoms with van der Waals surface area (Å²) in [4.78, 5) is 3.91. The first-order valence-electron chi connectivity index (χ1n) is 2.09. The number of halogens is 2. The van der Waals surface area contributed by atoms with Gasteiger partial charge in [0.1, 0.15) is 0 Å². The molecule has 0 unspecified atom stereocenters. The Bertz CT molecular complexity index is 152. The molecule has 0 aliphatic carbocycles. The van der Waals surface area contributed by atoms with E-state index < -0.39 is 0 Å². The Morgan fingerprint density at radius 1 is 1.38 bits per heavy atom. The van der Waals surface area contributed by atoms with E-state index in [0.29, 0.717) is 0 Å². The van der Waals surface area contributed by atoms with Crippen LogP contribution in [0, 0.1) is 3.57 Å². The van der Waals surface area contributed by atoms with Crippen molar-refractivity contribution in [2.24, 2.45) is 0 Å². The van der Waals surface area contributed by atoms with Crippen molar-refractivity contribution in [3.8, 4) is 0 Å². The van der Waals surface area contributed by atoms with Crippen LogP contribution < -0.4 is 17.2 Å². The van der Waals surface area contributed by atoms with Gasteiger partial charge >= 0.3 is 68.9 Å². The molecule has 0 amide bonds. The minimum absolute atomic E-state index is 0.239. The van der Waals surface area contributed by atoms with Crippen molar-refractivity contribution in [3.05, 3.63) is 28.1 Å². The molecule has 1 nitrogen and oxygen atoms in total. The molecular formula is C5H4I2N-. The minimum atomic E-state index is 0.239. The molecule has 8 heavy (non-hydrogen) atoms. The molecule has 0 radical (unpaired) electrons. The average Bonchev–Trinajstić information content (AvgIpc) is 1.90. The van der Waals surface area contributed by atoms with E-state index in [0.717, 1.165) is 0 Å². The summed E-state index contributed by atoms with van der Waals surface area (Å²) < 4.78 is 1.44. The van der Waals surface area contributed by atoms with Gasteiger partial charge in [0.2, 0.25) is 0 Å². The van der Waals surface area contributed by atoms with Crippen LogP contribution in [0.3, 0.4) is 0 Å². The Morgan fingerprint density at radius 2 is 2.00 bits per heavy atom. The maximum atomic E-state index is 3.91. The van der Waals surface area contributed by atoms with Gasteiger partial charge in [-0.25, -0.2) is 0 Å². The van der Waals surface area contributed by atoms with Crippen LogP contribution in [-0.2, 0) is 0 Å². The van der Waals surface area contributed by atoms with E-state index in [9.17, 15) is 0 Å². The zero-order chi connectivity index (χ0) is 5.82. The van der Waals surface area contributed by atoms with Gasteiger partial charge in [0, 0.05) is 0 Å². The summed E-state index contributed by atoms with van der Waals surface area (Å²) in [6.45, 7) is 0. The van der Waals surface area contributed by atoms with E-state index in [1.807, 2.05) is 12.4 Å². The number of aromatic nitrogens is 1. The molecule has 3 heteroatoms. The molecule has 1 rings (SSSR count). The van der Waals surface area contributed by atoms with Crippen LogP contribution in [0.25, 0.3) is 0 Å². The van der Waals surface area contributed by atoms with Gasteiger partial charge in [-0.15, -0.1) is 0 Å². The van der Waals surface area contributed by atoms with Gasteiger partial charge in [0.25, 0.3) is 0 Å². The fraction of sp³-hybridized carbons (Fsp3) is 0. The third-order valence-corrected chi connectivity index (χ3v) is 5.07. The predicted molar refractivity (Wildman–Crippen MR) is 37.0 cm³/mol. The molecule has 1 aromatic rings. The third-order valence-electron chi connectivity index (χ3n) is 0.722. The fourth-order valence-electron chi connectivity index (χ4n) is 0.381. The van der Waals surface area contributed by atoms with Gasteiger partial charge < -0.3 is 0 Å². The summed E-state index contributed by atoms with van der Waals surface area (Å²) in [5.41, 5.74) is 0. The fourth-order valence-corrected chi connectivity index (χ4v) is 2.80. The molecule has 0 N–H and O–H groups in total. The number of hydrogen-bond acceptors (Lipinski definition) is 1. The average molecular weight is 332 g/mol. The molecule has 0 fully saturated rings. The van der Waals surface area contributed by atoms with Crippen LogP contribution in [0.1, 0.15) is 0 Å². The van der Waals surface area contributed by atoms with E-state index in [1.165, 1.54) is 3.57 Å². The molecule has 1 aromatic heterocycles. The van der Waals surface area contributed by atoms with Crippen molar-refractivity contribution in [3.63, 3.8) is 0 Å². The zero-order valence-electron chi connectivity index (χ0n) is 4.01. The van der Waals surface area contributed by atoms with Crippen molar-refractivity contribution >= 4 is 18.6 Å². The molecule has 0 saturated heterocycles. The van der Waals surface area contributed by atoms with E-state index in [2.05, 4.69) is 35.7 Å². The van der Waals surface area contributed by atoms with Crippen LogP contribution in [-0.4, -0.2) is 4.98 Å². The van der Waals surface area contributed by atoms with Crippen LogP contribution >= 0.6 is 18.6 Å². The topological polar surface area (TPSA) is 12.9 Å². The molecule has 0 aliphatic heterocycles. The standard InChI is InChI=1S/C5H4I2N/c6-7-5-1-3-8-4-2-5/h1-4H/q-1. The van der Waals surface area contributed by atoms with Crippen LogP contribution in [0.2, 0.25) is 0 Å². The van der Waals surface area contributed by atoms with Crippen molar-refractivity contribution in [2.45, 2.75) is 0 Å². The van der Waals surface area contributed by atoms with Gasteiger partial charge in [-0.2, -0.15) is 0 Å². The zero-order valence-corrected chi connectivity index (χ0v) is 8.33. The molecule has 0 spiro atoms. The van der Waals surface area contributed by atoms with E-state index in [1.54, 1.807) is 0 Å². The normalized spacial score (nSPS) is 9.62. The summed E-state index contributed by atoms with van der Waals surface area (Å²) in [7, 11) is 0. The molecule has 0 saturated carbocycles. The van der Waals surface area contributed by atoms with E-state index in [-0.39, 0.29) is 17.2 Å². The number of rotatable bonds is 1. The maximum absolute atomic E-state index is 3.91. The molecule has 1 heterocycles. The number of hydrogen-bond donors (Lipinski definition) is 0. The van der Waals surface area contributed by atoms with Crippen molar-refractivity contribution < 1.29 is 17.2 Å². The molecule has 0 bridgehead atoms. The van der Waals surface area contributed by atoms with Gasteiger partial charge in [0.05, 0.1) is 0 Å². The molecule has 44 valence electrons. The molecule has 0 atom stereocenters. The van der Waals surface area contributed by atoms with Gasteiger partial charge in [-0.05, 0) is 0 Å². The Labute approximate surface area is 68.3 Å². The first kappa shape index (κ1) is 6.73. The van der Waals surface area contributed by atoms with E-state index >= 15 is 0 Å². The number of pyridine rings is 1. The van der Waals surface area contributed by atoms with E-state index in [4.69, 9.17) is 0 Å². The molecule has 0 aromatic carbocycles. The SMILES string of the molecule is I[I-]c1ccncc1. The number of nitrogens with zero attached hydrogens (tertiary/aromatic N) is 1. The predicted octanol–water partition coefficient (Wildman–Crippen LogP) is -1.31. The summed E-state index contributed by atoms with van der Waals surface area (Å²) >= 11 is 2.67. The molecular weight excluding hydrogens is 328 g/mol. The van der Waals surface area contributed by atoms with Crippen molar-refractivity contribution in [1.82, 2.24) is 4.98 Å². The second-order valence-electron chi connectivity index (χ2n) is 1.24. The van der Waals surface area contributed by atoms with Crippen molar-refractivity contribution in [1.29, 1.82) is 0 Å². The van der Waals surface area contributed by atoms with Crippen LogP contribution in [0.5, 0.6) is 0 Å². The monoisotopic (exact) mass is 332 g/mol. The van der Waals surface area contributed by atoms with Crippen LogP contribution in [0.4, 0.5) is 0 Å². The second kappa shape index (κ2) is 3.60. The first-order chi connectivity index (χ1) is 3.93. The quantitative estimate of drug-likeness (QED) is 0.582.